The van der Waals surface area contributed by atoms with Crippen molar-refractivity contribution in [2.75, 3.05) is 20.1 Å². The van der Waals surface area contributed by atoms with Crippen LogP contribution in [-0.2, 0) is 0 Å². The van der Waals surface area contributed by atoms with Crippen molar-refractivity contribution >= 4 is 0 Å². The topological polar surface area (TPSA) is 15.3 Å². The Kier molecular flexibility index (Phi) is 7.92. The second kappa shape index (κ2) is 8.92. The standard InChI is InChI=1S/C16H34N2/c1-5-14(3)16(17-6-2)13-18(4)15-11-9-7-8-10-12-15/h14-17H,5-13H2,1-4H3. The Hall–Kier alpha value is -0.0800. The summed E-state index contributed by atoms with van der Waals surface area (Å²) >= 11 is 0. The highest BCUT2D eigenvalue weighted by Gasteiger charge is 2.22. The molecule has 0 aromatic heterocycles. The second-order valence-electron chi connectivity index (χ2n) is 6.13. The van der Waals surface area contributed by atoms with Crippen LogP contribution in [0.2, 0.25) is 0 Å². The predicted octanol–water partition coefficient (Wildman–Crippen LogP) is 3.67. The van der Waals surface area contributed by atoms with Gasteiger partial charge in [0.25, 0.3) is 0 Å². The number of rotatable bonds is 7. The number of likely N-dealkylation sites (N-methyl/N-ethyl adjacent to an activating group) is 2. The van der Waals surface area contributed by atoms with Gasteiger partial charge in [-0.1, -0.05) is 52.9 Å². The van der Waals surface area contributed by atoms with Crippen molar-refractivity contribution < 1.29 is 0 Å². The number of hydrogen-bond donors (Lipinski definition) is 1. The average molecular weight is 254 g/mol. The quantitative estimate of drug-likeness (QED) is 0.697. The molecule has 1 rings (SSSR count). The molecule has 18 heavy (non-hydrogen) atoms. The van der Waals surface area contributed by atoms with E-state index >= 15 is 0 Å². The molecule has 0 aromatic carbocycles. The normalized spacial score (nSPS) is 21.8. The zero-order valence-electron chi connectivity index (χ0n) is 13.0. The highest BCUT2D eigenvalue weighted by Crippen LogP contribution is 2.22. The second-order valence-corrected chi connectivity index (χ2v) is 6.13. The third kappa shape index (κ3) is 5.27. The van der Waals surface area contributed by atoms with E-state index in [2.05, 4.69) is 38.0 Å². The minimum absolute atomic E-state index is 0.660. The fourth-order valence-electron chi connectivity index (χ4n) is 3.15. The van der Waals surface area contributed by atoms with Crippen LogP contribution in [0.1, 0.15) is 65.7 Å². The lowest BCUT2D eigenvalue weighted by Crippen LogP contribution is -2.46. The Morgan fingerprint density at radius 3 is 2.22 bits per heavy atom. The van der Waals surface area contributed by atoms with Gasteiger partial charge in [0.1, 0.15) is 0 Å². The van der Waals surface area contributed by atoms with Crippen LogP contribution >= 0.6 is 0 Å². The van der Waals surface area contributed by atoms with E-state index in [0.717, 1.165) is 18.5 Å². The van der Waals surface area contributed by atoms with Crippen molar-refractivity contribution in [1.29, 1.82) is 0 Å². The monoisotopic (exact) mass is 254 g/mol. The Bertz CT molecular complexity index is 197. The van der Waals surface area contributed by atoms with E-state index in [0.29, 0.717) is 6.04 Å². The molecule has 1 aliphatic carbocycles. The van der Waals surface area contributed by atoms with E-state index in [1.54, 1.807) is 0 Å². The van der Waals surface area contributed by atoms with Gasteiger partial charge < -0.3 is 10.2 Å². The summed E-state index contributed by atoms with van der Waals surface area (Å²) < 4.78 is 0. The molecule has 1 N–H and O–H groups in total. The van der Waals surface area contributed by atoms with E-state index in [1.807, 2.05) is 0 Å². The maximum Gasteiger partial charge on any atom is 0.0220 e. The van der Waals surface area contributed by atoms with E-state index in [4.69, 9.17) is 0 Å². The molecular formula is C16H34N2. The van der Waals surface area contributed by atoms with Crippen molar-refractivity contribution in [3.8, 4) is 0 Å². The summed E-state index contributed by atoms with van der Waals surface area (Å²) in [5.41, 5.74) is 0. The minimum atomic E-state index is 0.660. The number of hydrogen-bond acceptors (Lipinski definition) is 2. The average Bonchev–Trinajstić information content (AvgIpc) is 2.66. The zero-order valence-corrected chi connectivity index (χ0v) is 13.0. The van der Waals surface area contributed by atoms with Crippen LogP contribution in [0.4, 0.5) is 0 Å². The summed E-state index contributed by atoms with van der Waals surface area (Å²) in [6, 6.07) is 1.49. The predicted molar refractivity (Wildman–Crippen MR) is 81.0 cm³/mol. The van der Waals surface area contributed by atoms with Crippen molar-refractivity contribution in [2.24, 2.45) is 5.92 Å². The Morgan fingerprint density at radius 1 is 1.11 bits per heavy atom. The van der Waals surface area contributed by atoms with Gasteiger partial charge in [0.2, 0.25) is 0 Å². The van der Waals surface area contributed by atoms with Crippen LogP contribution in [0.5, 0.6) is 0 Å². The molecule has 2 atom stereocenters. The molecule has 2 heteroatoms. The molecule has 1 fully saturated rings. The lowest BCUT2D eigenvalue weighted by Gasteiger charge is -2.33. The Morgan fingerprint density at radius 2 is 1.72 bits per heavy atom. The molecule has 1 aliphatic rings. The molecule has 0 bridgehead atoms. The SMILES string of the molecule is CCNC(CN(C)C1CCCCCC1)C(C)CC. The third-order valence-corrected chi connectivity index (χ3v) is 4.73. The molecule has 0 spiro atoms. The number of nitrogens with zero attached hydrogens (tertiary/aromatic N) is 1. The van der Waals surface area contributed by atoms with Crippen LogP contribution in [0, 0.1) is 5.92 Å². The van der Waals surface area contributed by atoms with Crippen molar-refractivity contribution in [2.45, 2.75) is 77.8 Å². The molecule has 2 unspecified atom stereocenters. The van der Waals surface area contributed by atoms with Gasteiger partial charge in [0.15, 0.2) is 0 Å². The van der Waals surface area contributed by atoms with Crippen LogP contribution in [0.15, 0.2) is 0 Å². The smallest absolute Gasteiger partial charge is 0.0220 e. The number of nitrogens with one attached hydrogen (secondary N) is 1. The Balaban J connectivity index is 2.45. The van der Waals surface area contributed by atoms with E-state index in [9.17, 15) is 0 Å². The van der Waals surface area contributed by atoms with Gasteiger partial charge >= 0.3 is 0 Å². The molecule has 1 saturated carbocycles. The fourth-order valence-corrected chi connectivity index (χ4v) is 3.15. The lowest BCUT2D eigenvalue weighted by molar-refractivity contribution is 0.178. The molecule has 108 valence electrons. The molecule has 0 saturated heterocycles. The van der Waals surface area contributed by atoms with E-state index in [1.165, 1.54) is 51.5 Å². The van der Waals surface area contributed by atoms with Gasteiger partial charge in [-0.15, -0.1) is 0 Å². The largest absolute Gasteiger partial charge is 0.313 e. The van der Waals surface area contributed by atoms with Crippen molar-refractivity contribution in [1.82, 2.24) is 10.2 Å². The first kappa shape index (κ1) is 16.0. The molecule has 0 aromatic rings. The zero-order chi connectivity index (χ0) is 13.4. The first-order valence-electron chi connectivity index (χ1n) is 8.12. The summed E-state index contributed by atoms with van der Waals surface area (Å²) in [7, 11) is 2.34. The van der Waals surface area contributed by atoms with Crippen molar-refractivity contribution in [3.05, 3.63) is 0 Å². The van der Waals surface area contributed by atoms with Gasteiger partial charge in [0, 0.05) is 18.6 Å². The van der Waals surface area contributed by atoms with Crippen LogP contribution < -0.4 is 5.32 Å². The maximum absolute atomic E-state index is 3.68. The highest BCUT2D eigenvalue weighted by molar-refractivity contribution is 4.80. The highest BCUT2D eigenvalue weighted by atomic mass is 15.2. The summed E-state index contributed by atoms with van der Waals surface area (Å²) in [4.78, 5) is 2.63. The van der Waals surface area contributed by atoms with Gasteiger partial charge in [-0.3, -0.25) is 0 Å². The van der Waals surface area contributed by atoms with Gasteiger partial charge in [-0.05, 0) is 32.4 Å². The third-order valence-electron chi connectivity index (χ3n) is 4.73. The van der Waals surface area contributed by atoms with Crippen LogP contribution in [0.25, 0.3) is 0 Å². The summed E-state index contributed by atoms with van der Waals surface area (Å²) in [5, 5.41) is 3.68. The summed E-state index contributed by atoms with van der Waals surface area (Å²) in [6.45, 7) is 9.22. The first-order chi connectivity index (χ1) is 8.69. The summed E-state index contributed by atoms with van der Waals surface area (Å²) in [5.74, 6) is 0.776. The maximum atomic E-state index is 3.68. The van der Waals surface area contributed by atoms with Gasteiger partial charge in [-0.25, -0.2) is 0 Å². The summed E-state index contributed by atoms with van der Waals surface area (Å²) in [6.07, 6.45) is 9.87. The van der Waals surface area contributed by atoms with Crippen molar-refractivity contribution in [3.63, 3.8) is 0 Å². The molecule has 0 heterocycles. The first-order valence-corrected chi connectivity index (χ1v) is 8.12. The van der Waals surface area contributed by atoms with E-state index < -0.39 is 0 Å². The molecular weight excluding hydrogens is 220 g/mol. The molecule has 0 radical (unpaired) electrons. The van der Waals surface area contributed by atoms with Gasteiger partial charge in [0.05, 0.1) is 0 Å². The van der Waals surface area contributed by atoms with Gasteiger partial charge in [-0.2, -0.15) is 0 Å². The molecule has 0 aliphatic heterocycles. The minimum Gasteiger partial charge on any atom is -0.313 e. The lowest BCUT2D eigenvalue weighted by atomic mass is 9.97. The van der Waals surface area contributed by atoms with Crippen LogP contribution in [-0.4, -0.2) is 37.1 Å². The van der Waals surface area contributed by atoms with Crippen LogP contribution in [0.3, 0.4) is 0 Å². The molecule has 0 amide bonds. The fraction of sp³-hybridized carbons (Fsp3) is 1.00. The molecule has 2 nitrogen and oxygen atoms in total. The van der Waals surface area contributed by atoms with E-state index in [-0.39, 0.29) is 0 Å². The Labute approximate surface area is 115 Å².